The lowest BCUT2D eigenvalue weighted by Gasteiger charge is -2.57. The molecule has 0 aromatic carbocycles. The van der Waals surface area contributed by atoms with Crippen molar-refractivity contribution in [2.24, 2.45) is 23.2 Å². The van der Waals surface area contributed by atoms with Crippen molar-refractivity contribution in [3.8, 4) is 0 Å². The number of thioether (sulfide) groups is 1. The van der Waals surface area contributed by atoms with Gasteiger partial charge in [0, 0.05) is 24.5 Å². The lowest BCUT2D eigenvalue weighted by molar-refractivity contribution is -0.155. The minimum absolute atomic E-state index is 0.126. The van der Waals surface area contributed by atoms with E-state index in [9.17, 15) is 9.59 Å². The van der Waals surface area contributed by atoms with E-state index in [1.807, 2.05) is 0 Å². The standard InChI is InChI=1S/C12H18O2S/c1-7(13)15-6-8-4-9-5-10(11(8)14)12(9,2)3/h8-10H,4-6H2,1-3H3/t8-,9-,10-/m0/s1. The smallest absolute Gasteiger partial charge is 0.185 e. The van der Waals surface area contributed by atoms with Gasteiger partial charge in [-0.3, -0.25) is 9.59 Å². The zero-order valence-corrected chi connectivity index (χ0v) is 10.4. The van der Waals surface area contributed by atoms with Gasteiger partial charge in [-0.25, -0.2) is 0 Å². The molecule has 2 bridgehead atoms. The summed E-state index contributed by atoms with van der Waals surface area (Å²) in [5.41, 5.74) is 0.231. The number of carbonyl (C=O) groups excluding carboxylic acids is 2. The van der Waals surface area contributed by atoms with Crippen molar-refractivity contribution in [2.45, 2.75) is 33.6 Å². The fourth-order valence-electron chi connectivity index (χ4n) is 3.01. The van der Waals surface area contributed by atoms with Crippen molar-refractivity contribution < 1.29 is 9.59 Å². The molecule has 0 radical (unpaired) electrons. The van der Waals surface area contributed by atoms with Crippen LogP contribution in [0.25, 0.3) is 0 Å². The SMILES string of the molecule is CC(=O)SC[C@@H]1C[C@H]2C[C@@H](C1=O)C2(C)C. The molecule has 0 saturated heterocycles. The second-order valence-electron chi connectivity index (χ2n) is 5.44. The van der Waals surface area contributed by atoms with E-state index in [0.717, 1.165) is 12.8 Å². The van der Waals surface area contributed by atoms with E-state index >= 15 is 0 Å². The summed E-state index contributed by atoms with van der Waals surface area (Å²) in [5.74, 6) is 2.25. The van der Waals surface area contributed by atoms with Gasteiger partial charge in [0.15, 0.2) is 5.12 Å². The third-order valence-electron chi connectivity index (χ3n) is 4.27. The molecule has 3 saturated carbocycles. The molecule has 0 N–H and O–H groups in total. The molecule has 2 nitrogen and oxygen atoms in total. The maximum Gasteiger partial charge on any atom is 0.185 e. The molecule has 3 rings (SSSR count). The Morgan fingerprint density at radius 2 is 2.13 bits per heavy atom. The Hall–Kier alpha value is -0.310. The number of fused-ring (bicyclic) bond motifs is 2. The Kier molecular flexibility index (Phi) is 2.70. The van der Waals surface area contributed by atoms with Crippen LogP contribution in [-0.2, 0) is 9.59 Å². The molecule has 0 aliphatic heterocycles. The summed E-state index contributed by atoms with van der Waals surface area (Å²) in [4.78, 5) is 22.9. The van der Waals surface area contributed by atoms with Crippen molar-refractivity contribution in [1.82, 2.24) is 0 Å². The summed E-state index contributed by atoms with van der Waals surface area (Å²) in [7, 11) is 0. The van der Waals surface area contributed by atoms with Crippen LogP contribution in [0.3, 0.4) is 0 Å². The predicted octanol–water partition coefficient (Wildman–Crippen LogP) is 2.52. The molecule has 0 aromatic rings. The van der Waals surface area contributed by atoms with Gasteiger partial charge < -0.3 is 0 Å². The number of hydrogen-bond acceptors (Lipinski definition) is 3. The summed E-state index contributed by atoms with van der Waals surface area (Å²) in [6.45, 7) is 5.98. The molecule has 3 fully saturated rings. The normalized spacial score (nSPS) is 37.3. The molecule has 0 unspecified atom stereocenters. The van der Waals surface area contributed by atoms with Crippen LogP contribution >= 0.6 is 11.8 Å². The molecule has 0 heterocycles. The van der Waals surface area contributed by atoms with Gasteiger partial charge in [0.05, 0.1) is 0 Å². The summed E-state index contributed by atoms with van der Waals surface area (Å²) in [6, 6.07) is 0. The van der Waals surface area contributed by atoms with Crippen LogP contribution < -0.4 is 0 Å². The highest BCUT2D eigenvalue weighted by molar-refractivity contribution is 8.13. The average molecular weight is 226 g/mol. The predicted molar refractivity (Wildman–Crippen MR) is 61.6 cm³/mol. The van der Waals surface area contributed by atoms with Crippen LogP contribution in [0.2, 0.25) is 0 Å². The van der Waals surface area contributed by atoms with Crippen LogP contribution in [-0.4, -0.2) is 16.7 Å². The van der Waals surface area contributed by atoms with Crippen molar-refractivity contribution >= 4 is 22.7 Å². The first-order valence-electron chi connectivity index (χ1n) is 5.60. The summed E-state index contributed by atoms with van der Waals surface area (Å²) in [5, 5.41) is 0.126. The average Bonchev–Trinajstić information content (AvgIpc) is 2.15. The Morgan fingerprint density at radius 3 is 2.60 bits per heavy atom. The highest BCUT2D eigenvalue weighted by Gasteiger charge is 2.57. The minimum atomic E-state index is 0.126. The Labute approximate surface area is 95.2 Å². The van der Waals surface area contributed by atoms with Crippen LogP contribution in [0.1, 0.15) is 33.6 Å². The van der Waals surface area contributed by atoms with Crippen LogP contribution in [0.4, 0.5) is 0 Å². The van der Waals surface area contributed by atoms with Crippen LogP contribution in [0, 0.1) is 23.2 Å². The topological polar surface area (TPSA) is 34.1 Å². The number of carbonyl (C=O) groups is 2. The largest absolute Gasteiger partial charge is 0.299 e. The molecule has 15 heavy (non-hydrogen) atoms. The fraction of sp³-hybridized carbons (Fsp3) is 0.833. The van der Waals surface area contributed by atoms with E-state index in [1.165, 1.54) is 11.8 Å². The molecule has 3 heteroatoms. The van der Waals surface area contributed by atoms with E-state index in [1.54, 1.807) is 6.92 Å². The van der Waals surface area contributed by atoms with Gasteiger partial charge in [-0.15, -0.1) is 0 Å². The molecule has 3 aliphatic carbocycles. The maximum absolute atomic E-state index is 12.1. The van der Waals surface area contributed by atoms with Crippen molar-refractivity contribution in [3.63, 3.8) is 0 Å². The summed E-state index contributed by atoms with van der Waals surface area (Å²) >= 11 is 1.30. The van der Waals surface area contributed by atoms with Gasteiger partial charge in [0.2, 0.25) is 0 Å². The van der Waals surface area contributed by atoms with Crippen molar-refractivity contribution in [1.29, 1.82) is 0 Å². The highest BCUT2D eigenvalue weighted by atomic mass is 32.2. The Balaban J connectivity index is 1.97. The van der Waals surface area contributed by atoms with Crippen molar-refractivity contribution in [3.05, 3.63) is 0 Å². The monoisotopic (exact) mass is 226 g/mol. The lowest BCUT2D eigenvalue weighted by atomic mass is 9.46. The molecule has 3 atom stereocenters. The van der Waals surface area contributed by atoms with Crippen LogP contribution in [0.15, 0.2) is 0 Å². The molecule has 3 aliphatic rings. The van der Waals surface area contributed by atoms with Gasteiger partial charge >= 0.3 is 0 Å². The molecular weight excluding hydrogens is 208 g/mol. The first-order valence-corrected chi connectivity index (χ1v) is 6.58. The first-order chi connectivity index (χ1) is 6.93. The van der Waals surface area contributed by atoms with Gasteiger partial charge in [0.25, 0.3) is 0 Å². The summed E-state index contributed by atoms with van der Waals surface area (Å²) in [6.07, 6.45) is 2.09. The number of hydrogen-bond donors (Lipinski definition) is 0. The lowest BCUT2D eigenvalue weighted by Crippen LogP contribution is -2.56. The Bertz CT molecular complexity index is 309. The van der Waals surface area contributed by atoms with Gasteiger partial charge in [-0.05, 0) is 24.2 Å². The second kappa shape index (κ2) is 3.62. The minimum Gasteiger partial charge on any atom is -0.299 e. The summed E-state index contributed by atoms with van der Waals surface area (Å²) < 4.78 is 0. The van der Waals surface area contributed by atoms with Crippen molar-refractivity contribution in [2.75, 3.05) is 5.75 Å². The van der Waals surface area contributed by atoms with E-state index < -0.39 is 0 Å². The van der Waals surface area contributed by atoms with E-state index in [4.69, 9.17) is 0 Å². The third kappa shape index (κ3) is 1.75. The third-order valence-corrected chi connectivity index (χ3v) is 5.25. The Morgan fingerprint density at radius 1 is 1.47 bits per heavy atom. The number of Topliss-reactive ketones (excluding diaryl/α,β-unsaturated/α-hetero) is 1. The molecule has 0 amide bonds. The molecule has 0 aromatic heterocycles. The maximum atomic E-state index is 12.1. The van der Waals surface area contributed by atoms with Gasteiger partial charge in [-0.1, -0.05) is 25.6 Å². The zero-order valence-electron chi connectivity index (χ0n) is 9.58. The highest BCUT2D eigenvalue weighted by Crippen LogP contribution is 2.59. The molecular formula is C12H18O2S. The molecule has 0 spiro atoms. The first kappa shape index (κ1) is 11.2. The fourth-order valence-corrected chi connectivity index (χ4v) is 3.75. The van der Waals surface area contributed by atoms with E-state index in [-0.39, 0.29) is 22.4 Å². The quantitative estimate of drug-likeness (QED) is 0.725. The van der Waals surface area contributed by atoms with Gasteiger partial charge in [0.1, 0.15) is 5.78 Å². The second-order valence-corrected chi connectivity index (χ2v) is 6.64. The van der Waals surface area contributed by atoms with Crippen LogP contribution in [0.5, 0.6) is 0 Å². The number of ketones is 1. The number of rotatable bonds is 2. The van der Waals surface area contributed by atoms with Gasteiger partial charge in [-0.2, -0.15) is 0 Å². The zero-order chi connectivity index (χ0) is 11.2. The van der Waals surface area contributed by atoms with E-state index in [2.05, 4.69) is 13.8 Å². The molecule has 84 valence electrons. The van der Waals surface area contributed by atoms with E-state index in [0.29, 0.717) is 17.5 Å².